The molecule has 0 bridgehead atoms. The number of carbonyl (C=O) groups excluding carboxylic acids is 1. The number of nitrogens with one attached hydrogen (secondary N) is 2. The number of aromatic nitrogens is 3. The molecule has 0 spiro atoms. The van der Waals surface area contributed by atoms with Crippen LogP contribution in [-0.4, -0.2) is 48.2 Å². The number of methoxy groups -OCH3 is 2. The van der Waals surface area contributed by atoms with Crippen LogP contribution in [0.4, 0.5) is 11.5 Å². The quantitative estimate of drug-likeness (QED) is 0.347. The van der Waals surface area contributed by atoms with E-state index < -0.39 is 0 Å². The van der Waals surface area contributed by atoms with Crippen molar-refractivity contribution >= 4 is 28.3 Å². The standard InChI is InChI=1S/C28H27N5O4/c1-18-12-21(8-10-25(18)37-22-9-7-19(2)30-15-22)33-28-23-13-20(6-5-11-29-27(34)16-35-3)26(36-4)14-24(23)31-17-32-28/h7-10,12-15,17H,11,16H2,1-4H3,(H,29,34)(H,31,32,33). The van der Waals surface area contributed by atoms with E-state index in [1.54, 1.807) is 13.3 Å². The lowest BCUT2D eigenvalue weighted by atomic mass is 10.1. The van der Waals surface area contributed by atoms with E-state index in [0.29, 0.717) is 28.4 Å². The second-order valence-electron chi connectivity index (χ2n) is 8.15. The molecule has 37 heavy (non-hydrogen) atoms. The predicted molar refractivity (Wildman–Crippen MR) is 141 cm³/mol. The van der Waals surface area contributed by atoms with Crippen LogP contribution in [0.3, 0.4) is 0 Å². The first-order valence-electron chi connectivity index (χ1n) is 11.5. The minimum Gasteiger partial charge on any atom is -0.495 e. The van der Waals surface area contributed by atoms with Crippen LogP contribution in [0, 0.1) is 25.7 Å². The van der Waals surface area contributed by atoms with Crippen molar-refractivity contribution in [3.63, 3.8) is 0 Å². The molecule has 1 amide bonds. The summed E-state index contributed by atoms with van der Waals surface area (Å²) >= 11 is 0. The number of aryl methyl sites for hydroxylation is 2. The first kappa shape index (κ1) is 25.4. The van der Waals surface area contributed by atoms with Gasteiger partial charge in [0.1, 0.15) is 36.0 Å². The van der Waals surface area contributed by atoms with Crippen molar-refractivity contribution in [2.75, 3.05) is 32.7 Å². The third kappa shape index (κ3) is 6.51. The highest BCUT2D eigenvalue weighted by Gasteiger charge is 2.11. The number of carbonyl (C=O) groups is 1. The lowest BCUT2D eigenvalue weighted by molar-refractivity contribution is -0.124. The summed E-state index contributed by atoms with van der Waals surface area (Å²) in [5.41, 5.74) is 4.09. The lowest BCUT2D eigenvalue weighted by Gasteiger charge is -2.13. The molecule has 0 atom stereocenters. The Morgan fingerprint density at radius 1 is 1.00 bits per heavy atom. The summed E-state index contributed by atoms with van der Waals surface area (Å²) in [6.07, 6.45) is 3.20. The fraction of sp³-hybridized carbons (Fsp3) is 0.214. The van der Waals surface area contributed by atoms with E-state index >= 15 is 0 Å². The molecule has 0 unspecified atom stereocenters. The van der Waals surface area contributed by atoms with Crippen molar-refractivity contribution in [2.45, 2.75) is 13.8 Å². The fourth-order valence-corrected chi connectivity index (χ4v) is 3.53. The Balaban J connectivity index is 1.57. The van der Waals surface area contributed by atoms with Gasteiger partial charge in [-0.15, -0.1) is 0 Å². The van der Waals surface area contributed by atoms with Crippen molar-refractivity contribution in [3.8, 4) is 29.1 Å². The summed E-state index contributed by atoms with van der Waals surface area (Å²) in [5.74, 6) is 8.38. The number of nitrogens with zero attached hydrogens (tertiary/aromatic N) is 3. The average molecular weight is 498 g/mol. The minimum absolute atomic E-state index is 0.0108. The van der Waals surface area contributed by atoms with Crippen LogP contribution in [0.2, 0.25) is 0 Å². The Bertz CT molecular complexity index is 1480. The molecular formula is C28H27N5O4. The van der Waals surface area contributed by atoms with Crippen LogP contribution in [0.5, 0.6) is 17.2 Å². The van der Waals surface area contributed by atoms with Crippen LogP contribution in [0.15, 0.2) is 55.0 Å². The second-order valence-corrected chi connectivity index (χ2v) is 8.15. The molecule has 2 aromatic carbocycles. The van der Waals surface area contributed by atoms with Crippen LogP contribution in [-0.2, 0) is 9.53 Å². The highest BCUT2D eigenvalue weighted by atomic mass is 16.5. The molecule has 9 nitrogen and oxygen atoms in total. The Morgan fingerprint density at radius 3 is 2.59 bits per heavy atom. The van der Waals surface area contributed by atoms with Crippen molar-refractivity contribution < 1.29 is 19.0 Å². The summed E-state index contributed by atoms with van der Waals surface area (Å²) < 4.78 is 16.3. The maximum absolute atomic E-state index is 11.6. The summed E-state index contributed by atoms with van der Waals surface area (Å²) in [7, 11) is 3.04. The first-order valence-corrected chi connectivity index (χ1v) is 11.5. The number of anilines is 2. The van der Waals surface area contributed by atoms with Gasteiger partial charge in [0, 0.05) is 29.9 Å². The summed E-state index contributed by atoms with van der Waals surface area (Å²) in [6, 6.07) is 13.3. The molecule has 0 radical (unpaired) electrons. The third-order valence-electron chi connectivity index (χ3n) is 5.38. The number of benzene rings is 2. The van der Waals surface area contributed by atoms with Gasteiger partial charge in [-0.05, 0) is 55.8 Å². The highest BCUT2D eigenvalue weighted by Crippen LogP contribution is 2.31. The Morgan fingerprint density at radius 2 is 1.86 bits per heavy atom. The van der Waals surface area contributed by atoms with E-state index in [-0.39, 0.29) is 19.1 Å². The van der Waals surface area contributed by atoms with Crippen molar-refractivity contribution in [3.05, 3.63) is 71.8 Å². The second kappa shape index (κ2) is 11.8. The Labute approximate surface area is 215 Å². The number of hydrogen-bond donors (Lipinski definition) is 2. The van der Waals surface area contributed by atoms with Gasteiger partial charge >= 0.3 is 0 Å². The molecule has 188 valence electrons. The third-order valence-corrected chi connectivity index (χ3v) is 5.38. The first-order chi connectivity index (χ1) is 18.0. The maximum Gasteiger partial charge on any atom is 0.246 e. The van der Waals surface area contributed by atoms with E-state index in [1.165, 1.54) is 13.4 Å². The molecule has 2 heterocycles. The topological polar surface area (TPSA) is 107 Å². The van der Waals surface area contributed by atoms with E-state index in [0.717, 1.165) is 28.1 Å². The molecule has 0 saturated heterocycles. The van der Waals surface area contributed by atoms with Gasteiger partial charge < -0.3 is 24.8 Å². The normalized spacial score (nSPS) is 10.4. The zero-order valence-corrected chi connectivity index (χ0v) is 21.1. The van der Waals surface area contributed by atoms with Crippen LogP contribution in [0.1, 0.15) is 16.8 Å². The van der Waals surface area contributed by atoms with Gasteiger partial charge in [-0.25, -0.2) is 9.97 Å². The van der Waals surface area contributed by atoms with E-state index in [4.69, 9.17) is 14.2 Å². The van der Waals surface area contributed by atoms with E-state index in [1.807, 2.05) is 56.3 Å². The Kier molecular flexibility index (Phi) is 8.13. The molecule has 0 fully saturated rings. The van der Waals surface area contributed by atoms with Gasteiger partial charge in [0.15, 0.2) is 0 Å². The van der Waals surface area contributed by atoms with Crippen molar-refractivity contribution in [1.29, 1.82) is 0 Å². The average Bonchev–Trinajstić information content (AvgIpc) is 2.89. The summed E-state index contributed by atoms with van der Waals surface area (Å²) in [5, 5.41) is 6.82. The van der Waals surface area contributed by atoms with E-state index in [2.05, 4.69) is 37.4 Å². The zero-order valence-electron chi connectivity index (χ0n) is 21.1. The summed E-state index contributed by atoms with van der Waals surface area (Å²) in [4.78, 5) is 24.7. The molecule has 9 heteroatoms. The summed E-state index contributed by atoms with van der Waals surface area (Å²) in [6.45, 7) is 4.08. The smallest absolute Gasteiger partial charge is 0.246 e. The number of hydrogen-bond acceptors (Lipinski definition) is 8. The number of ether oxygens (including phenoxy) is 3. The number of fused-ring (bicyclic) bond motifs is 1. The lowest BCUT2D eigenvalue weighted by Crippen LogP contribution is -2.27. The number of rotatable bonds is 8. The van der Waals surface area contributed by atoms with Crippen molar-refractivity contribution in [2.24, 2.45) is 0 Å². The van der Waals surface area contributed by atoms with Crippen LogP contribution in [0.25, 0.3) is 10.9 Å². The van der Waals surface area contributed by atoms with Crippen LogP contribution < -0.4 is 20.1 Å². The SMILES string of the molecule is COCC(=O)NCC#Cc1cc2c(Nc3ccc(Oc4ccc(C)nc4)c(C)c3)ncnc2cc1OC. The van der Waals surface area contributed by atoms with Gasteiger partial charge in [-0.1, -0.05) is 11.8 Å². The number of pyridine rings is 1. The molecule has 4 rings (SSSR count). The van der Waals surface area contributed by atoms with E-state index in [9.17, 15) is 4.79 Å². The minimum atomic E-state index is -0.232. The number of amides is 1. The van der Waals surface area contributed by atoms with Gasteiger partial charge in [-0.2, -0.15) is 0 Å². The molecule has 2 N–H and O–H groups in total. The zero-order chi connectivity index (χ0) is 26.2. The maximum atomic E-state index is 11.6. The molecule has 0 aliphatic heterocycles. The van der Waals surface area contributed by atoms with Gasteiger partial charge in [0.05, 0.1) is 30.9 Å². The monoisotopic (exact) mass is 497 g/mol. The van der Waals surface area contributed by atoms with Gasteiger partial charge in [0.2, 0.25) is 5.91 Å². The largest absolute Gasteiger partial charge is 0.495 e. The molecular weight excluding hydrogens is 470 g/mol. The van der Waals surface area contributed by atoms with Crippen LogP contribution >= 0.6 is 0 Å². The van der Waals surface area contributed by atoms with Gasteiger partial charge in [0.25, 0.3) is 0 Å². The van der Waals surface area contributed by atoms with Gasteiger partial charge in [-0.3, -0.25) is 9.78 Å². The molecule has 2 aromatic heterocycles. The molecule has 4 aromatic rings. The predicted octanol–water partition coefficient (Wildman–Crippen LogP) is 4.30. The fourth-order valence-electron chi connectivity index (χ4n) is 3.53. The molecule has 0 aliphatic carbocycles. The molecule has 0 saturated carbocycles. The van der Waals surface area contributed by atoms with Crippen molar-refractivity contribution in [1.82, 2.24) is 20.3 Å². The molecule has 0 aliphatic rings. The highest BCUT2D eigenvalue weighted by molar-refractivity contribution is 5.93. The Hall–Kier alpha value is -4.68.